The number of halogens is 1. The minimum Gasteiger partial charge on any atom is -0.478 e. The predicted molar refractivity (Wildman–Crippen MR) is 91.2 cm³/mol. The lowest BCUT2D eigenvalue weighted by Crippen LogP contribution is -2.60. The smallest absolute Gasteiger partial charge is 0.328 e. The van der Waals surface area contributed by atoms with E-state index in [2.05, 4.69) is 0 Å². The van der Waals surface area contributed by atoms with Gasteiger partial charge in [-0.05, 0) is 36.1 Å². The van der Waals surface area contributed by atoms with Crippen molar-refractivity contribution in [2.45, 2.75) is 30.8 Å². The van der Waals surface area contributed by atoms with Crippen molar-refractivity contribution in [2.75, 3.05) is 7.05 Å². The number of nitrogens with zero attached hydrogens (tertiary/aromatic N) is 1. The van der Waals surface area contributed by atoms with Crippen molar-refractivity contribution >= 4 is 29.4 Å². The molecule has 0 unspecified atom stereocenters. The molecule has 1 aromatic rings. The maximum absolute atomic E-state index is 12.4. The summed E-state index contributed by atoms with van der Waals surface area (Å²) in [5.74, 6) is -2.33. The van der Waals surface area contributed by atoms with Crippen LogP contribution in [0.2, 0.25) is 5.02 Å². The van der Waals surface area contributed by atoms with Crippen LogP contribution in [0.4, 0.5) is 0 Å². The Morgan fingerprint density at radius 3 is 2.32 bits per heavy atom. The van der Waals surface area contributed by atoms with Gasteiger partial charge in [-0.3, -0.25) is 4.79 Å². The standard InChI is InChI=1S/C13H15ClN2O.C4H4O4/c1-16-7-8-2-3-9(14)4-11(8)13(12(16)17)5-10(15)6-13;5-3(6)1-2-4(7)8/h2-4,10H,5-7,15H2,1H3;1-2H,(H,5,6)(H,7,8)/b;2-1-. The van der Waals surface area contributed by atoms with E-state index in [0.29, 0.717) is 23.7 Å². The average molecular weight is 367 g/mol. The van der Waals surface area contributed by atoms with Crippen LogP contribution in [-0.4, -0.2) is 46.0 Å². The van der Waals surface area contributed by atoms with Crippen LogP contribution in [-0.2, 0) is 26.3 Å². The van der Waals surface area contributed by atoms with Crippen LogP contribution in [0.25, 0.3) is 0 Å². The molecule has 0 aromatic heterocycles. The summed E-state index contributed by atoms with van der Waals surface area (Å²) in [7, 11) is 1.85. The number of rotatable bonds is 2. The number of carboxylic acids is 2. The third kappa shape index (κ3) is 4.00. The average Bonchev–Trinajstić information content (AvgIpc) is 2.50. The molecule has 4 N–H and O–H groups in total. The van der Waals surface area contributed by atoms with Gasteiger partial charge in [-0.2, -0.15) is 0 Å². The first-order valence-electron chi connectivity index (χ1n) is 7.59. The van der Waals surface area contributed by atoms with Gasteiger partial charge < -0.3 is 20.8 Å². The van der Waals surface area contributed by atoms with Gasteiger partial charge >= 0.3 is 11.9 Å². The molecular weight excluding hydrogens is 348 g/mol. The summed E-state index contributed by atoms with van der Waals surface area (Å²) >= 11 is 6.05. The molecule has 134 valence electrons. The SMILES string of the molecule is CN1Cc2ccc(Cl)cc2C2(CC(N)C2)C1=O.O=C(O)/C=C\C(=O)O. The van der Waals surface area contributed by atoms with Crippen molar-refractivity contribution in [3.8, 4) is 0 Å². The summed E-state index contributed by atoms with van der Waals surface area (Å²) in [6.45, 7) is 0.669. The van der Waals surface area contributed by atoms with Gasteiger partial charge in [-0.15, -0.1) is 0 Å². The fourth-order valence-electron chi connectivity index (χ4n) is 3.31. The number of nitrogens with two attached hydrogens (primary N) is 1. The second kappa shape index (κ2) is 7.25. The molecule has 1 aliphatic heterocycles. The first-order valence-corrected chi connectivity index (χ1v) is 7.97. The highest BCUT2D eigenvalue weighted by molar-refractivity contribution is 6.30. The topological polar surface area (TPSA) is 121 Å². The van der Waals surface area contributed by atoms with E-state index < -0.39 is 17.4 Å². The Morgan fingerprint density at radius 1 is 1.28 bits per heavy atom. The Hall–Kier alpha value is -2.38. The number of amides is 1. The summed E-state index contributed by atoms with van der Waals surface area (Å²) in [6.07, 6.45) is 2.59. The van der Waals surface area contributed by atoms with E-state index in [1.54, 1.807) is 4.90 Å². The third-order valence-corrected chi connectivity index (χ3v) is 4.58. The number of carbonyl (C=O) groups excluding carboxylic acids is 1. The highest BCUT2D eigenvalue weighted by Gasteiger charge is 2.54. The zero-order valence-electron chi connectivity index (χ0n) is 13.6. The van der Waals surface area contributed by atoms with Crippen LogP contribution in [0.5, 0.6) is 0 Å². The molecule has 0 saturated heterocycles. The normalized spacial score (nSPS) is 24.4. The lowest BCUT2D eigenvalue weighted by Gasteiger charge is -2.50. The van der Waals surface area contributed by atoms with Crippen molar-refractivity contribution in [3.63, 3.8) is 0 Å². The molecule has 1 amide bonds. The number of benzene rings is 1. The van der Waals surface area contributed by atoms with Crippen molar-refractivity contribution in [3.05, 3.63) is 46.5 Å². The second-order valence-corrected chi connectivity index (χ2v) is 6.66. The molecule has 1 heterocycles. The zero-order chi connectivity index (χ0) is 18.8. The fourth-order valence-corrected chi connectivity index (χ4v) is 3.48. The molecule has 7 nitrogen and oxygen atoms in total. The van der Waals surface area contributed by atoms with Crippen LogP contribution in [0.15, 0.2) is 30.4 Å². The van der Waals surface area contributed by atoms with Gasteiger partial charge in [0.1, 0.15) is 0 Å². The van der Waals surface area contributed by atoms with E-state index in [9.17, 15) is 14.4 Å². The maximum Gasteiger partial charge on any atom is 0.328 e. The molecule has 1 aliphatic carbocycles. The molecule has 1 fully saturated rings. The van der Waals surface area contributed by atoms with Crippen molar-refractivity contribution in [2.24, 2.45) is 5.73 Å². The molecule has 3 rings (SSSR count). The Morgan fingerprint density at radius 2 is 1.84 bits per heavy atom. The van der Waals surface area contributed by atoms with Crippen LogP contribution < -0.4 is 5.73 Å². The molecule has 1 aromatic carbocycles. The van der Waals surface area contributed by atoms with Gasteiger partial charge in [0.15, 0.2) is 0 Å². The van der Waals surface area contributed by atoms with Crippen LogP contribution in [0.1, 0.15) is 24.0 Å². The van der Waals surface area contributed by atoms with Gasteiger partial charge in [-0.1, -0.05) is 17.7 Å². The maximum atomic E-state index is 12.4. The lowest BCUT2D eigenvalue weighted by atomic mass is 9.59. The zero-order valence-corrected chi connectivity index (χ0v) is 14.4. The summed E-state index contributed by atoms with van der Waals surface area (Å²) in [4.78, 5) is 33.3. The van der Waals surface area contributed by atoms with Gasteiger partial charge in [0.05, 0.1) is 5.41 Å². The molecule has 0 atom stereocenters. The summed E-state index contributed by atoms with van der Waals surface area (Å²) in [5.41, 5.74) is 7.78. The quantitative estimate of drug-likeness (QED) is 0.680. The summed E-state index contributed by atoms with van der Waals surface area (Å²) in [6, 6.07) is 5.98. The minimum absolute atomic E-state index is 0.136. The first kappa shape index (κ1) is 19.0. The highest BCUT2D eigenvalue weighted by Crippen LogP contribution is 2.48. The van der Waals surface area contributed by atoms with E-state index in [-0.39, 0.29) is 11.9 Å². The predicted octanol–water partition coefficient (Wildman–Crippen LogP) is 1.38. The molecule has 0 bridgehead atoms. The molecule has 25 heavy (non-hydrogen) atoms. The third-order valence-electron chi connectivity index (χ3n) is 4.34. The van der Waals surface area contributed by atoms with Crippen LogP contribution in [0, 0.1) is 0 Å². The van der Waals surface area contributed by atoms with E-state index in [0.717, 1.165) is 18.4 Å². The van der Waals surface area contributed by atoms with E-state index >= 15 is 0 Å². The molecular formula is C17H19ClN2O5. The van der Waals surface area contributed by atoms with Gasteiger partial charge in [0, 0.05) is 36.8 Å². The Labute approximate surface area is 149 Å². The Kier molecular flexibility index (Phi) is 5.49. The number of fused-ring (bicyclic) bond motifs is 2. The number of carbonyl (C=O) groups is 3. The van der Waals surface area contributed by atoms with E-state index in [1.165, 1.54) is 5.56 Å². The van der Waals surface area contributed by atoms with Gasteiger partial charge in [0.2, 0.25) is 5.91 Å². The van der Waals surface area contributed by atoms with Gasteiger partial charge in [-0.25, -0.2) is 9.59 Å². The number of likely N-dealkylation sites (N-methyl/N-ethyl adjacent to an activating group) is 1. The van der Waals surface area contributed by atoms with Crippen LogP contribution >= 0.6 is 11.6 Å². The van der Waals surface area contributed by atoms with Crippen molar-refractivity contribution in [1.82, 2.24) is 4.90 Å². The summed E-state index contributed by atoms with van der Waals surface area (Å²) < 4.78 is 0. The molecule has 2 aliphatic rings. The Balaban J connectivity index is 0.000000242. The second-order valence-electron chi connectivity index (χ2n) is 6.22. The molecule has 1 spiro atoms. The monoisotopic (exact) mass is 366 g/mol. The molecule has 0 radical (unpaired) electrons. The number of carboxylic acid groups (broad SMARTS) is 2. The fraction of sp³-hybridized carbons (Fsp3) is 0.353. The summed E-state index contributed by atoms with van der Waals surface area (Å²) in [5, 5.41) is 16.3. The minimum atomic E-state index is -1.26. The first-order chi connectivity index (χ1) is 11.7. The van der Waals surface area contributed by atoms with E-state index in [1.807, 2.05) is 25.2 Å². The molecule has 8 heteroatoms. The number of hydrogen-bond acceptors (Lipinski definition) is 4. The largest absolute Gasteiger partial charge is 0.478 e. The van der Waals surface area contributed by atoms with Gasteiger partial charge in [0.25, 0.3) is 0 Å². The number of hydrogen-bond donors (Lipinski definition) is 3. The Bertz CT molecular complexity index is 725. The van der Waals surface area contributed by atoms with Crippen molar-refractivity contribution in [1.29, 1.82) is 0 Å². The highest BCUT2D eigenvalue weighted by atomic mass is 35.5. The van der Waals surface area contributed by atoms with Crippen LogP contribution in [0.3, 0.4) is 0 Å². The lowest BCUT2D eigenvalue weighted by molar-refractivity contribution is -0.142. The molecule has 1 saturated carbocycles. The van der Waals surface area contributed by atoms with E-state index in [4.69, 9.17) is 27.5 Å². The number of aliphatic carboxylic acids is 2. The van der Waals surface area contributed by atoms with Crippen molar-refractivity contribution < 1.29 is 24.6 Å².